The average Bonchev–Trinajstić information content (AvgIpc) is 2.48. The first-order chi connectivity index (χ1) is 9.33. The maximum Gasteiger partial charge on any atom is 0.161 e. The van der Waals surface area contributed by atoms with Crippen molar-refractivity contribution in [2.45, 2.75) is 25.0 Å². The molecule has 2 aliphatic rings. The summed E-state index contributed by atoms with van der Waals surface area (Å²) in [6.45, 7) is 3.82. The number of piperidine rings is 1. The van der Waals surface area contributed by atoms with Crippen LogP contribution >= 0.6 is 0 Å². The van der Waals surface area contributed by atoms with Crippen molar-refractivity contribution in [3.8, 4) is 11.5 Å². The van der Waals surface area contributed by atoms with Crippen LogP contribution in [0.2, 0.25) is 0 Å². The SMILES string of the molecule is CN(CC1COc2ccccc2O1)C1CCNCC1. The number of ether oxygens (including phenoxy) is 2. The van der Waals surface area contributed by atoms with E-state index in [9.17, 15) is 0 Å². The van der Waals surface area contributed by atoms with Crippen LogP contribution < -0.4 is 14.8 Å². The fourth-order valence-corrected chi connectivity index (χ4v) is 2.87. The van der Waals surface area contributed by atoms with Gasteiger partial charge in [0, 0.05) is 12.6 Å². The lowest BCUT2D eigenvalue weighted by atomic mass is 10.1. The Morgan fingerprint density at radius 3 is 2.74 bits per heavy atom. The highest BCUT2D eigenvalue weighted by Gasteiger charge is 2.25. The van der Waals surface area contributed by atoms with Crippen LogP contribution in [0.4, 0.5) is 0 Å². The quantitative estimate of drug-likeness (QED) is 0.895. The Bertz CT molecular complexity index is 418. The zero-order chi connectivity index (χ0) is 13.1. The second-order valence-corrected chi connectivity index (χ2v) is 5.42. The highest BCUT2D eigenvalue weighted by atomic mass is 16.6. The second-order valence-electron chi connectivity index (χ2n) is 5.42. The van der Waals surface area contributed by atoms with E-state index < -0.39 is 0 Å². The van der Waals surface area contributed by atoms with Gasteiger partial charge in [0.1, 0.15) is 12.7 Å². The summed E-state index contributed by atoms with van der Waals surface area (Å²) in [6.07, 6.45) is 2.58. The van der Waals surface area contributed by atoms with Crippen LogP contribution in [0.25, 0.3) is 0 Å². The van der Waals surface area contributed by atoms with E-state index in [1.807, 2.05) is 24.3 Å². The monoisotopic (exact) mass is 262 g/mol. The summed E-state index contributed by atoms with van der Waals surface area (Å²) >= 11 is 0. The van der Waals surface area contributed by atoms with Crippen molar-refractivity contribution < 1.29 is 9.47 Å². The molecule has 1 aromatic carbocycles. The van der Waals surface area contributed by atoms with E-state index in [1.165, 1.54) is 12.8 Å². The standard InChI is InChI=1S/C15H22N2O2/c1-17(12-6-8-16-9-7-12)10-13-11-18-14-4-2-3-5-15(14)19-13/h2-5,12-13,16H,6-11H2,1H3. The number of hydrogen-bond acceptors (Lipinski definition) is 4. The maximum absolute atomic E-state index is 6.01. The van der Waals surface area contributed by atoms with Gasteiger partial charge < -0.3 is 14.8 Å². The van der Waals surface area contributed by atoms with Crippen molar-refractivity contribution in [2.24, 2.45) is 0 Å². The van der Waals surface area contributed by atoms with Gasteiger partial charge in [-0.2, -0.15) is 0 Å². The van der Waals surface area contributed by atoms with Crippen LogP contribution in [0.5, 0.6) is 11.5 Å². The molecule has 0 aromatic heterocycles. The second kappa shape index (κ2) is 5.80. The van der Waals surface area contributed by atoms with Crippen LogP contribution in [0, 0.1) is 0 Å². The van der Waals surface area contributed by atoms with Crippen molar-refractivity contribution in [2.75, 3.05) is 33.3 Å². The lowest BCUT2D eigenvalue weighted by Gasteiger charge is -2.35. The minimum absolute atomic E-state index is 0.134. The Labute approximate surface area is 114 Å². The molecule has 1 unspecified atom stereocenters. The molecule has 1 aromatic rings. The molecular formula is C15H22N2O2. The van der Waals surface area contributed by atoms with Crippen molar-refractivity contribution >= 4 is 0 Å². The molecule has 4 nitrogen and oxygen atoms in total. The van der Waals surface area contributed by atoms with Gasteiger partial charge in [-0.05, 0) is 45.1 Å². The summed E-state index contributed by atoms with van der Waals surface area (Å²) < 4.78 is 11.8. The Hall–Kier alpha value is -1.26. The Morgan fingerprint density at radius 2 is 1.95 bits per heavy atom. The first-order valence-corrected chi connectivity index (χ1v) is 7.12. The summed E-state index contributed by atoms with van der Waals surface area (Å²) in [4.78, 5) is 2.42. The number of likely N-dealkylation sites (N-methyl/N-ethyl adjacent to an activating group) is 1. The average molecular weight is 262 g/mol. The Kier molecular flexibility index (Phi) is 3.89. The topological polar surface area (TPSA) is 33.7 Å². The van der Waals surface area contributed by atoms with Gasteiger partial charge in [0.2, 0.25) is 0 Å². The molecule has 0 spiro atoms. The summed E-state index contributed by atoms with van der Waals surface area (Å²) in [7, 11) is 2.19. The molecule has 0 radical (unpaired) electrons. The van der Waals surface area contributed by atoms with Crippen LogP contribution in [-0.2, 0) is 0 Å². The minimum atomic E-state index is 0.134. The Balaban J connectivity index is 1.56. The third-order valence-electron chi connectivity index (χ3n) is 3.99. The number of para-hydroxylation sites is 2. The van der Waals surface area contributed by atoms with E-state index in [-0.39, 0.29) is 6.10 Å². The van der Waals surface area contributed by atoms with Gasteiger partial charge in [-0.15, -0.1) is 0 Å². The summed E-state index contributed by atoms with van der Waals surface area (Å²) in [5.41, 5.74) is 0. The fourth-order valence-electron chi connectivity index (χ4n) is 2.87. The minimum Gasteiger partial charge on any atom is -0.486 e. The smallest absolute Gasteiger partial charge is 0.161 e. The highest BCUT2D eigenvalue weighted by molar-refractivity contribution is 5.40. The van der Waals surface area contributed by atoms with E-state index in [4.69, 9.17) is 9.47 Å². The van der Waals surface area contributed by atoms with E-state index in [2.05, 4.69) is 17.3 Å². The van der Waals surface area contributed by atoms with Crippen LogP contribution in [0.15, 0.2) is 24.3 Å². The Morgan fingerprint density at radius 1 is 1.21 bits per heavy atom. The van der Waals surface area contributed by atoms with Gasteiger partial charge in [-0.3, -0.25) is 4.90 Å². The zero-order valence-electron chi connectivity index (χ0n) is 11.5. The predicted octanol–water partition coefficient (Wildman–Crippen LogP) is 1.51. The summed E-state index contributed by atoms with van der Waals surface area (Å²) in [6, 6.07) is 8.57. The molecule has 2 aliphatic heterocycles. The zero-order valence-corrected chi connectivity index (χ0v) is 11.5. The molecule has 104 valence electrons. The molecule has 1 saturated heterocycles. The lowest BCUT2D eigenvalue weighted by molar-refractivity contribution is 0.0498. The number of fused-ring (bicyclic) bond motifs is 1. The van der Waals surface area contributed by atoms with Crippen molar-refractivity contribution in [1.29, 1.82) is 0 Å². The van der Waals surface area contributed by atoms with Crippen LogP contribution in [0.1, 0.15) is 12.8 Å². The number of hydrogen-bond donors (Lipinski definition) is 1. The molecule has 0 amide bonds. The molecule has 4 heteroatoms. The van der Waals surface area contributed by atoms with Gasteiger partial charge in [0.25, 0.3) is 0 Å². The molecule has 0 saturated carbocycles. The van der Waals surface area contributed by atoms with Crippen molar-refractivity contribution in [3.05, 3.63) is 24.3 Å². The van der Waals surface area contributed by atoms with E-state index >= 15 is 0 Å². The third kappa shape index (κ3) is 3.01. The summed E-state index contributed by atoms with van der Waals surface area (Å²) in [5.74, 6) is 1.74. The van der Waals surface area contributed by atoms with Gasteiger partial charge >= 0.3 is 0 Å². The number of nitrogens with zero attached hydrogens (tertiary/aromatic N) is 1. The largest absolute Gasteiger partial charge is 0.486 e. The number of nitrogens with one attached hydrogen (secondary N) is 1. The molecular weight excluding hydrogens is 240 g/mol. The molecule has 3 rings (SSSR count). The molecule has 0 aliphatic carbocycles. The van der Waals surface area contributed by atoms with Gasteiger partial charge in [0.15, 0.2) is 11.5 Å². The maximum atomic E-state index is 6.01. The van der Waals surface area contributed by atoms with Crippen LogP contribution in [-0.4, -0.2) is 50.3 Å². The van der Waals surface area contributed by atoms with Gasteiger partial charge in [-0.1, -0.05) is 12.1 Å². The molecule has 1 atom stereocenters. The number of benzene rings is 1. The van der Waals surface area contributed by atoms with E-state index in [0.29, 0.717) is 12.6 Å². The third-order valence-corrected chi connectivity index (χ3v) is 3.99. The highest BCUT2D eigenvalue weighted by Crippen LogP contribution is 2.31. The molecule has 1 N–H and O–H groups in total. The molecule has 19 heavy (non-hydrogen) atoms. The molecule has 2 heterocycles. The van der Waals surface area contributed by atoms with Gasteiger partial charge in [0.05, 0.1) is 0 Å². The summed E-state index contributed by atoms with van der Waals surface area (Å²) in [5, 5.41) is 3.40. The van der Waals surface area contributed by atoms with Crippen molar-refractivity contribution in [3.63, 3.8) is 0 Å². The van der Waals surface area contributed by atoms with Gasteiger partial charge in [-0.25, -0.2) is 0 Å². The molecule has 1 fully saturated rings. The van der Waals surface area contributed by atoms with E-state index in [0.717, 1.165) is 31.1 Å². The van der Waals surface area contributed by atoms with Crippen molar-refractivity contribution in [1.82, 2.24) is 10.2 Å². The predicted molar refractivity (Wildman–Crippen MR) is 74.9 cm³/mol. The number of rotatable bonds is 3. The first kappa shape index (κ1) is 12.8. The lowest BCUT2D eigenvalue weighted by Crippen LogP contribution is -2.47. The van der Waals surface area contributed by atoms with E-state index in [1.54, 1.807) is 0 Å². The molecule has 0 bridgehead atoms. The van der Waals surface area contributed by atoms with Crippen LogP contribution in [0.3, 0.4) is 0 Å². The first-order valence-electron chi connectivity index (χ1n) is 7.12. The normalized spacial score (nSPS) is 23.6. The fraction of sp³-hybridized carbons (Fsp3) is 0.600.